The zero-order valence-electron chi connectivity index (χ0n) is 15.1. The lowest BCUT2D eigenvalue weighted by Crippen LogP contribution is -2.55. The van der Waals surface area contributed by atoms with E-state index in [0.29, 0.717) is 0 Å². The Morgan fingerprint density at radius 2 is 1.21 bits per heavy atom. The van der Waals surface area contributed by atoms with Crippen LogP contribution < -0.4 is 10.6 Å². The summed E-state index contributed by atoms with van der Waals surface area (Å²) in [7, 11) is 0. The first kappa shape index (κ1) is 21.7. The average Bonchev–Trinajstić information content (AvgIpc) is 2.32. The minimum absolute atomic E-state index is 0.0443. The summed E-state index contributed by atoms with van der Waals surface area (Å²) in [5.74, 6) is -1.96. The average molecular weight is 346 g/mol. The molecule has 0 aliphatic heterocycles. The summed E-state index contributed by atoms with van der Waals surface area (Å²) in [6.07, 6.45) is -3.61. The Morgan fingerprint density at radius 3 is 1.50 bits per heavy atom. The van der Waals surface area contributed by atoms with Gasteiger partial charge >= 0.3 is 24.1 Å². The van der Waals surface area contributed by atoms with Crippen molar-refractivity contribution in [3.63, 3.8) is 0 Å². The third-order valence-corrected chi connectivity index (χ3v) is 2.06. The summed E-state index contributed by atoms with van der Waals surface area (Å²) in [5.41, 5.74) is -1.63. The van der Waals surface area contributed by atoms with Gasteiger partial charge in [-0.05, 0) is 41.5 Å². The van der Waals surface area contributed by atoms with Crippen LogP contribution >= 0.6 is 0 Å². The van der Waals surface area contributed by atoms with Crippen molar-refractivity contribution in [2.75, 3.05) is 0 Å². The highest BCUT2D eigenvalue weighted by molar-refractivity contribution is 5.91. The molecule has 2 N–H and O–H groups in total. The highest BCUT2D eigenvalue weighted by atomic mass is 16.6. The van der Waals surface area contributed by atoms with Gasteiger partial charge in [-0.1, -0.05) is 6.92 Å². The van der Waals surface area contributed by atoms with Crippen LogP contribution in [0.3, 0.4) is 0 Å². The van der Waals surface area contributed by atoms with Gasteiger partial charge in [0.1, 0.15) is 11.2 Å². The van der Waals surface area contributed by atoms with Crippen molar-refractivity contribution in [2.24, 2.45) is 0 Å². The second kappa shape index (κ2) is 8.51. The van der Waals surface area contributed by atoms with Crippen molar-refractivity contribution in [3.05, 3.63) is 0 Å². The number of carbonyl (C=O) groups is 4. The van der Waals surface area contributed by atoms with E-state index >= 15 is 0 Å². The monoisotopic (exact) mass is 346 g/mol. The Bertz CT molecular complexity index is 459. The van der Waals surface area contributed by atoms with Crippen LogP contribution in [-0.2, 0) is 23.8 Å². The largest absolute Gasteiger partial charge is 0.444 e. The van der Waals surface area contributed by atoms with Crippen molar-refractivity contribution in [2.45, 2.75) is 72.3 Å². The van der Waals surface area contributed by atoms with Crippen molar-refractivity contribution >= 4 is 24.1 Å². The Hall–Kier alpha value is -2.32. The molecule has 0 fully saturated rings. The number of esters is 2. The Morgan fingerprint density at radius 1 is 0.833 bits per heavy atom. The van der Waals surface area contributed by atoms with Gasteiger partial charge in [-0.15, -0.1) is 0 Å². The third kappa shape index (κ3) is 10.4. The molecular formula is C15H26N2O7. The lowest BCUT2D eigenvalue weighted by Gasteiger charge is -2.24. The zero-order chi connectivity index (χ0) is 19.1. The van der Waals surface area contributed by atoms with Gasteiger partial charge in [-0.25, -0.2) is 14.4 Å². The summed E-state index contributed by atoms with van der Waals surface area (Å²) in [6, 6.07) is 0. The Balaban J connectivity index is 5.01. The fraction of sp³-hybridized carbons (Fsp3) is 0.733. The fourth-order valence-corrected chi connectivity index (χ4v) is 1.25. The zero-order valence-corrected chi connectivity index (χ0v) is 15.1. The Labute approximate surface area is 141 Å². The third-order valence-electron chi connectivity index (χ3n) is 2.06. The van der Waals surface area contributed by atoms with Crippen molar-refractivity contribution in [1.82, 2.24) is 10.6 Å². The minimum Gasteiger partial charge on any atom is -0.444 e. The van der Waals surface area contributed by atoms with Crippen molar-refractivity contribution in [3.8, 4) is 0 Å². The number of amides is 2. The van der Waals surface area contributed by atoms with Gasteiger partial charge in [0.2, 0.25) is 6.17 Å². The van der Waals surface area contributed by atoms with E-state index in [-0.39, 0.29) is 6.42 Å². The van der Waals surface area contributed by atoms with Gasteiger partial charge < -0.3 is 14.2 Å². The minimum atomic E-state index is -1.63. The number of nitrogens with one attached hydrogen (secondary N) is 2. The molecule has 9 heteroatoms. The number of alkyl carbamates (subject to hydrolysis) is 2. The fourth-order valence-electron chi connectivity index (χ4n) is 1.25. The second-order valence-corrected chi connectivity index (χ2v) is 6.87. The lowest BCUT2D eigenvalue weighted by atomic mass is 10.2. The summed E-state index contributed by atoms with van der Waals surface area (Å²) in [5, 5.41) is 4.24. The lowest BCUT2D eigenvalue weighted by molar-refractivity contribution is -0.161. The van der Waals surface area contributed by atoms with E-state index in [1.807, 2.05) is 0 Å². The molecule has 0 atom stereocenters. The van der Waals surface area contributed by atoms with Crippen LogP contribution in [0.1, 0.15) is 54.9 Å². The summed E-state index contributed by atoms with van der Waals surface area (Å²) < 4.78 is 14.5. The molecule has 0 rings (SSSR count). The van der Waals surface area contributed by atoms with Crippen LogP contribution in [0.15, 0.2) is 0 Å². The maximum Gasteiger partial charge on any atom is 0.409 e. The molecule has 0 saturated heterocycles. The normalized spacial score (nSPS) is 11.5. The van der Waals surface area contributed by atoms with Gasteiger partial charge in [-0.3, -0.25) is 15.4 Å². The van der Waals surface area contributed by atoms with Crippen molar-refractivity contribution in [1.29, 1.82) is 0 Å². The number of hydrogen-bond acceptors (Lipinski definition) is 7. The highest BCUT2D eigenvalue weighted by Gasteiger charge is 2.30. The van der Waals surface area contributed by atoms with E-state index in [0.717, 1.165) is 0 Å². The van der Waals surface area contributed by atoms with Gasteiger partial charge in [0.05, 0.1) is 0 Å². The first-order valence-corrected chi connectivity index (χ1v) is 7.47. The molecule has 24 heavy (non-hydrogen) atoms. The summed E-state index contributed by atoms with van der Waals surface area (Å²) in [6.45, 7) is 11.3. The number of carbonyl (C=O) groups excluding carboxylic acids is 4. The van der Waals surface area contributed by atoms with Crippen LogP contribution in [0.2, 0.25) is 0 Å². The first-order chi connectivity index (χ1) is 10.7. The van der Waals surface area contributed by atoms with Crippen molar-refractivity contribution < 1.29 is 33.4 Å². The molecule has 0 unspecified atom stereocenters. The predicted molar refractivity (Wildman–Crippen MR) is 83.9 cm³/mol. The van der Waals surface area contributed by atoms with Crippen LogP contribution in [0.5, 0.6) is 0 Å². The molecule has 9 nitrogen and oxygen atoms in total. The maximum atomic E-state index is 11.9. The first-order valence-electron chi connectivity index (χ1n) is 7.47. The van der Waals surface area contributed by atoms with E-state index < -0.39 is 41.5 Å². The second-order valence-electron chi connectivity index (χ2n) is 6.87. The van der Waals surface area contributed by atoms with Crippen LogP contribution in [-0.4, -0.2) is 41.5 Å². The summed E-state index contributed by atoms with van der Waals surface area (Å²) in [4.78, 5) is 46.7. The number of ether oxygens (including phenoxy) is 3. The van der Waals surface area contributed by atoms with E-state index in [2.05, 4.69) is 15.4 Å². The molecule has 0 aliphatic carbocycles. The maximum absolute atomic E-state index is 11.9. The standard InChI is InChI=1S/C15H26N2O7/c1-8-9(18)22-11(19)10(16-12(20)23-14(2,3)4)17-13(21)24-15(5,6)7/h10H,8H2,1-7H3,(H,16,20)(H,17,21). The van der Waals surface area contributed by atoms with Gasteiger partial charge in [0, 0.05) is 6.42 Å². The molecule has 0 bridgehead atoms. The molecule has 0 spiro atoms. The van der Waals surface area contributed by atoms with E-state index in [1.165, 1.54) is 6.92 Å². The summed E-state index contributed by atoms with van der Waals surface area (Å²) >= 11 is 0. The predicted octanol–water partition coefficient (Wildman–Crippen LogP) is 1.84. The molecule has 0 aromatic heterocycles. The molecule has 0 radical (unpaired) electrons. The van der Waals surface area contributed by atoms with Gasteiger partial charge in [-0.2, -0.15) is 0 Å². The molecule has 138 valence electrons. The van der Waals surface area contributed by atoms with Gasteiger partial charge in [0.15, 0.2) is 0 Å². The molecular weight excluding hydrogens is 320 g/mol. The smallest absolute Gasteiger partial charge is 0.409 e. The molecule has 2 amide bonds. The molecule has 0 saturated carbocycles. The topological polar surface area (TPSA) is 120 Å². The molecule has 0 aromatic carbocycles. The van der Waals surface area contributed by atoms with E-state index in [1.54, 1.807) is 41.5 Å². The van der Waals surface area contributed by atoms with Crippen LogP contribution in [0.4, 0.5) is 9.59 Å². The molecule has 0 heterocycles. The highest BCUT2D eigenvalue weighted by Crippen LogP contribution is 2.08. The van der Waals surface area contributed by atoms with E-state index in [9.17, 15) is 19.2 Å². The number of rotatable bonds is 4. The van der Waals surface area contributed by atoms with Gasteiger partial charge in [0.25, 0.3) is 0 Å². The van der Waals surface area contributed by atoms with E-state index in [4.69, 9.17) is 9.47 Å². The number of hydrogen-bond donors (Lipinski definition) is 2. The Kier molecular flexibility index (Phi) is 7.69. The SMILES string of the molecule is CCC(=O)OC(=O)C(NC(=O)OC(C)(C)C)NC(=O)OC(C)(C)C. The molecule has 0 aromatic rings. The van der Waals surface area contributed by atoms with Crippen LogP contribution in [0.25, 0.3) is 0 Å². The molecule has 0 aliphatic rings. The quantitative estimate of drug-likeness (QED) is 0.345. The van der Waals surface area contributed by atoms with Crippen LogP contribution in [0, 0.1) is 0 Å².